The first-order chi connectivity index (χ1) is 10.2. The highest BCUT2D eigenvalue weighted by molar-refractivity contribution is 5.88. The molecule has 1 amide bonds. The highest BCUT2D eigenvalue weighted by Gasteiger charge is 2.20. The van der Waals surface area contributed by atoms with Crippen LogP contribution in [0.2, 0.25) is 0 Å². The summed E-state index contributed by atoms with van der Waals surface area (Å²) < 4.78 is 5.76. The molecule has 21 heavy (non-hydrogen) atoms. The van der Waals surface area contributed by atoms with Crippen molar-refractivity contribution in [3.63, 3.8) is 0 Å². The molecule has 110 valence electrons. The molecule has 1 unspecified atom stereocenters. The van der Waals surface area contributed by atoms with E-state index in [1.54, 1.807) is 0 Å². The van der Waals surface area contributed by atoms with Gasteiger partial charge in [-0.05, 0) is 18.4 Å². The number of amides is 1. The molecule has 4 nitrogen and oxygen atoms in total. The average Bonchev–Trinajstić information content (AvgIpc) is 2.52. The van der Waals surface area contributed by atoms with Crippen LogP contribution in [0.25, 0.3) is 10.8 Å². The Labute approximate surface area is 124 Å². The minimum atomic E-state index is 0.0521. The van der Waals surface area contributed by atoms with Crippen LogP contribution in [-0.2, 0) is 4.79 Å². The Morgan fingerprint density at radius 1 is 1.29 bits per heavy atom. The van der Waals surface area contributed by atoms with Crippen LogP contribution in [0.15, 0.2) is 42.5 Å². The minimum absolute atomic E-state index is 0.0521. The maximum Gasteiger partial charge on any atom is 0.260 e. The van der Waals surface area contributed by atoms with Crippen LogP contribution in [-0.4, -0.2) is 43.1 Å². The smallest absolute Gasteiger partial charge is 0.260 e. The van der Waals surface area contributed by atoms with E-state index >= 15 is 0 Å². The van der Waals surface area contributed by atoms with Crippen molar-refractivity contribution in [3.8, 4) is 5.75 Å². The molecule has 1 saturated heterocycles. The SMILES string of the molecule is CC1CN(C(=O)COc2cccc3ccccc23)CCN1. The van der Waals surface area contributed by atoms with Gasteiger partial charge in [-0.15, -0.1) is 0 Å². The Morgan fingerprint density at radius 3 is 2.95 bits per heavy atom. The summed E-state index contributed by atoms with van der Waals surface area (Å²) >= 11 is 0. The van der Waals surface area contributed by atoms with Crippen LogP contribution >= 0.6 is 0 Å². The Balaban J connectivity index is 1.67. The van der Waals surface area contributed by atoms with Crippen molar-refractivity contribution in [2.45, 2.75) is 13.0 Å². The molecular formula is C17H20N2O2. The Hall–Kier alpha value is -2.07. The van der Waals surface area contributed by atoms with Crippen molar-refractivity contribution in [3.05, 3.63) is 42.5 Å². The van der Waals surface area contributed by atoms with Crippen LogP contribution < -0.4 is 10.1 Å². The lowest BCUT2D eigenvalue weighted by atomic mass is 10.1. The van der Waals surface area contributed by atoms with Gasteiger partial charge in [0.25, 0.3) is 5.91 Å². The first-order valence-corrected chi connectivity index (χ1v) is 7.36. The van der Waals surface area contributed by atoms with Crippen molar-refractivity contribution >= 4 is 16.7 Å². The van der Waals surface area contributed by atoms with Gasteiger partial charge in [0.05, 0.1) is 0 Å². The topological polar surface area (TPSA) is 41.6 Å². The summed E-state index contributed by atoms with van der Waals surface area (Å²) in [6.07, 6.45) is 0. The van der Waals surface area contributed by atoms with Gasteiger partial charge < -0.3 is 15.0 Å². The van der Waals surface area contributed by atoms with E-state index < -0.39 is 0 Å². The van der Waals surface area contributed by atoms with Gasteiger partial charge in [0.1, 0.15) is 5.75 Å². The van der Waals surface area contributed by atoms with Gasteiger partial charge in [0, 0.05) is 31.1 Å². The van der Waals surface area contributed by atoms with Gasteiger partial charge in [-0.2, -0.15) is 0 Å². The lowest BCUT2D eigenvalue weighted by Gasteiger charge is -2.31. The van der Waals surface area contributed by atoms with E-state index in [1.807, 2.05) is 47.4 Å². The summed E-state index contributed by atoms with van der Waals surface area (Å²) in [5, 5.41) is 5.50. The minimum Gasteiger partial charge on any atom is -0.483 e. The molecule has 1 aliphatic heterocycles. The third kappa shape index (κ3) is 3.16. The second-order valence-corrected chi connectivity index (χ2v) is 5.46. The number of piperazine rings is 1. The quantitative estimate of drug-likeness (QED) is 0.938. The van der Waals surface area contributed by atoms with E-state index in [1.165, 1.54) is 0 Å². The fourth-order valence-corrected chi connectivity index (χ4v) is 2.71. The maximum atomic E-state index is 12.2. The van der Waals surface area contributed by atoms with Gasteiger partial charge in [0.15, 0.2) is 6.61 Å². The van der Waals surface area contributed by atoms with Crippen LogP contribution in [0.1, 0.15) is 6.92 Å². The van der Waals surface area contributed by atoms with Crippen LogP contribution in [0.4, 0.5) is 0 Å². The summed E-state index contributed by atoms with van der Waals surface area (Å²) in [5.41, 5.74) is 0. The summed E-state index contributed by atoms with van der Waals surface area (Å²) in [5.74, 6) is 0.820. The Kier molecular flexibility index (Phi) is 4.06. The van der Waals surface area contributed by atoms with Gasteiger partial charge in [-0.25, -0.2) is 0 Å². The molecule has 1 fully saturated rings. The summed E-state index contributed by atoms with van der Waals surface area (Å²) in [7, 11) is 0. The van der Waals surface area contributed by atoms with Crippen LogP contribution in [0, 0.1) is 0 Å². The first kappa shape index (κ1) is 13.9. The first-order valence-electron chi connectivity index (χ1n) is 7.36. The van der Waals surface area contributed by atoms with E-state index in [0.717, 1.165) is 36.2 Å². The third-order valence-corrected chi connectivity index (χ3v) is 3.82. The number of benzene rings is 2. The molecule has 0 spiro atoms. The lowest BCUT2D eigenvalue weighted by molar-refractivity contribution is -0.134. The van der Waals surface area contributed by atoms with E-state index in [2.05, 4.69) is 12.2 Å². The molecule has 2 aromatic carbocycles. The van der Waals surface area contributed by atoms with Crippen molar-refractivity contribution in [2.75, 3.05) is 26.2 Å². The summed E-state index contributed by atoms with van der Waals surface area (Å²) in [6, 6.07) is 14.3. The number of hydrogen-bond acceptors (Lipinski definition) is 3. The van der Waals surface area contributed by atoms with Gasteiger partial charge >= 0.3 is 0 Å². The van der Waals surface area contributed by atoms with Gasteiger partial charge in [0.2, 0.25) is 0 Å². The monoisotopic (exact) mass is 284 g/mol. The molecule has 0 aromatic heterocycles. The molecule has 0 bridgehead atoms. The number of hydrogen-bond donors (Lipinski definition) is 1. The number of nitrogens with zero attached hydrogens (tertiary/aromatic N) is 1. The third-order valence-electron chi connectivity index (χ3n) is 3.82. The molecular weight excluding hydrogens is 264 g/mol. The number of carbonyl (C=O) groups excluding carboxylic acids is 1. The summed E-state index contributed by atoms with van der Waals surface area (Å²) in [6.45, 7) is 4.53. The second-order valence-electron chi connectivity index (χ2n) is 5.46. The van der Waals surface area contributed by atoms with E-state index in [4.69, 9.17) is 4.74 Å². The second kappa shape index (κ2) is 6.14. The molecule has 4 heteroatoms. The molecule has 1 atom stereocenters. The zero-order valence-corrected chi connectivity index (χ0v) is 12.2. The molecule has 1 aliphatic rings. The van der Waals surface area contributed by atoms with Crippen molar-refractivity contribution in [1.29, 1.82) is 0 Å². The molecule has 0 radical (unpaired) electrons. The molecule has 0 saturated carbocycles. The number of ether oxygens (including phenoxy) is 1. The fourth-order valence-electron chi connectivity index (χ4n) is 2.71. The Morgan fingerprint density at radius 2 is 2.10 bits per heavy atom. The molecule has 2 aromatic rings. The highest BCUT2D eigenvalue weighted by Crippen LogP contribution is 2.25. The molecule has 1 heterocycles. The Bertz CT molecular complexity index is 636. The van der Waals surface area contributed by atoms with E-state index in [0.29, 0.717) is 6.04 Å². The highest BCUT2D eigenvalue weighted by atomic mass is 16.5. The van der Waals surface area contributed by atoms with Crippen molar-refractivity contribution < 1.29 is 9.53 Å². The molecule has 1 N–H and O–H groups in total. The number of rotatable bonds is 3. The van der Waals surface area contributed by atoms with Crippen LogP contribution in [0.5, 0.6) is 5.75 Å². The zero-order chi connectivity index (χ0) is 14.7. The predicted molar refractivity (Wildman–Crippen MR) is 83.5 cm³/mol. The van der Waals surface area contributed by atoms with Gasteiger partial charge in [-0.3, -0.25) is 4.79 Å². The maximum absolute atomic E-state index is 12.2. The molecule has 3 rings (SSSR count). The van der Waals surface area contributed by atoms with Crippen molar-refractivity contribution in [1.82, 2.24) is 10.2 Å². The number of nitrogens with one attached hydrogen (secondary N) is 1. The van der Waals surface area contributed by atoms with Gasteiger partial charge in [-0.1, -0.05) is 36.4 Å². The average molecular weight is 284 g/mol. The predicted octanol–water partition coefficient (Wildman–Crippen LogP) is 2.04. The zero-order valence-electron chi connectivity index (χ0n) is 12.2. The number of fused-ring (bicyclic) bond motifs is 1. The summed E-state index contributed by atoms with van der Waals surface area (Å²) in [4.78, 5) is 14.1. The normalized spacial score (nSPS) is 18.7. The van der Waals surface area contributed by atoms with E-state index in [-0.39, 0.29) is 12.5 Å². The van der Waals surface area contributed by atoms with Crippen LogP contribution in [0.3, 0.4) is 0 Å². The molecule has 0 aliphatic carbocycles. The lowest BCUT2D eigenvalue weighted by Crippen LogP contribution is -2.52. The van der Waals surface area contributed by atoms with E-state index in [9.17, 15) is 4.79 Å². The largest absolute Gasteiger partial charge is 0.483 e. The van der Waals surface area contributed by atoms with Crippen molar-refractivity contribution in [2.24, 2.45) is 0 Å². The standard InChI is InChI=1S/C17H20N2O2/c1-13-11-19(10-9-18-13)17(20)12-21-16-8-4-6-14-5-2-3-7-15(14)16/h2-8,13,18H,9-12H2,1H3. The number of carbonyl (C=O) groups is 1. The fraction of sp³-hybridized carbons (Fsp3) is 0.353.